The summed E-state index contributed by atoms with van der Waals surface area (Å²) in [5.41, 5.74) is 1.88. The highest BCUT2D eigenvalue weighted by Gasteiger charge is 2.06. The molecule has 1 aromatic carbocycles. The molecule has 74 valence electrons. The van der Waals surface area contributed by atoms with Gasteiger partial charge in [0.2, 0.25) is 0 Å². The van der Waals surface area contributed by atoms with Crippen LogP contribution in [0.5, 0.6) is 0 Å². The van der Waals surface area contributed by atoms with Gasteiger partial charge < -0.3 is 0 Å². The van der Waals surface area contributed by atoms with Crippen molar-refractivity contribution < 1.29 is 0 Å². The first-order valence-corrected chi connectivity index (χ1v) is 5.45. The molecule has 0 saturated heterocycles. The minimum atomic E-state index is 0.565. The maximum Gasteiger partial charge on any atom is 0.127 e. The lowest BCUT2D eigenvalue weighted by molar-refractivity contribution is 0.442. The van der Waals surface area contributed by atoms with Crippen LogP contribution in [0.25, 0.3) is 11.0 Å². The van der Waals surface area contributed by atoms with Gasteiger partial charge in [0.1, 0.15) is 11.0 Å². The van der Waals surface area contributed by atoms with E-state index in [4.69, 9.17) is 0 Å². The predicted molar refractivity (Wildman–Crippen MR) is 60.1 cm³/mol. The first kappa shape index (κ1) is 9.65. The molecule has 2 aromatic rings. The molecule has 0 N–H and O–H groups in total. The highest BCUT2D eigenvalue weighted by Crippen LogP contribution is 2.20. The molecule has 0 amide bonds. The van der Waals surface area contributed by atoms with Crippen molar-refractivity contribution in [3.8, 4) is 0 Å². The Labute approximate surface area is 91.2 Å². The Morgan fingerprint density at radius 3 is 2.79 bits per heavy atom. The van der Waals surface area contributed by atoms with Gasteiger partial charge in [0.05, 0.1) is 6.54 Å². The molecule has 0 aliphatic carbocycles. The van der Waals surface area contributed by atoms with Crippen molar-refractivity contribution in [2.24, 2.45) is 5.92 Å². The van der Waals surface area contributed by atoms with Crippen LogP contribution in [-0.4, -0.2) is 15.0 Å². The minimum absolute atomic E-state index is 0.565. The summed E-state index contributed by atoms with van der Waals surface area (Å²) < 4.78 is 1.00. The van der Waals surface area contributed by atoms with Crippen LogP contribution in [0.1, 0.15) is 13.8 Å². The molecular weight excluding hydrogens is 242 g/mol. The van der Waals surface area contributed by atoms with Gasteiger partial charge in [0.15, 0.2) is 0 Å². The smallest absolute Gasteiger partial charge is 0.127 e. The molecule has 1 heterocycles. The molecule has 4 heteroatoms. The Morgan fingerprint density at radius 2 is 2.14 bits per heavy atom. The van der Waals surface area contributed by atoms with Crippen LogP contribution in [0.15, 0.2) is 22.7 Å². The zero-order valence-corrected chi connectivity index (χ0v) is 9.82. The molecule has 2 rings (SSSR count). The summed E-state index contributed by atoms with van der Waals surface area (Å²) >= 11 is 3.46. The number of nitrogens with zero attached hydrogens (tertiary/aromatic N) is 3. The molecule has 3 nitrogen and oxygen atoms in total. The van der Waals surface area contributed by atoms with Crippen molar-refractivity contribution in [2.45, 2.75) is 20.4 Å². The molecule has 0 atom stereocenters. The number of hydrogen-bond acceptors (Lipinski definition) is 2. The Bertz CT molecular complexity index is 448. The zero-order chi connectivity index (χ0) is 10.1. The topological polar surface area (TPSA) is 30.7 Å². The van der Waals surface area contributed by atoms with Crippen LogP contribution < -0.4 is 0 Å². The largest absolute Gasteiger partial charge is 0.183 e. The molecule has 0 spiro atoms. The normalized spacial score (nSPS) is 11.4. The summed E-state index contributed by atoms with van der Waals surface area (Å²) in [6.45, 7) is 5.17. The van der Waals surface area contributed by atoms with Crippen LogP contribution in [-0.2, 0) is 6.54 Å². The third-order valence-corrected chi connectivity index (χ3v) is 2.57. The molecule has 0 unspecified atom stereocenters. The molecule has 0 aliphatic rings. The van der Waals surface area contributed by atoms with E-state index in [2.05, 4.69) is 40.0 Å². The second kappa shape index (κ2) is 3.69. The van der Waals surface area contributed by atoms with Crippen molar-refractivity contribution in [2.75, 3.05) is 0 Å². The number of rotatable bonds is 2. The molecule has 0 radical (unpaired) electrons. The van der Waals surface area contributed by atoms with Gasteiger partial charge in [-0.05, 0) is 34.0 Å². The Kier molecular flexibility index (Phi) is 2.54. The van der Waals surface area contributed by atoms with Gasteiger partial charge in [-0.1, -0.05) is 19.9 Å². The number of hydrogen-bond donors (Lipinski definition) is 0. The first-order chi connectivity index (χ1) is 6.66. The van der Waals surface area contributed by atoms with Crippen molar-refractivity contribution in [1.82, 2.24) is 15.0 Å². The third kappa shape index (κ3) is 1.80. The monoisotopic (exact) mass is 253 g/mol. The summed E-state index contributed by atoms with van der Waals surface area (Å²) in [4.78, 5) is 1.76. The number of halogens is 1. The summed E-state index contributed by atoms with van der Waals surface area (Å²) in [5.74, 6) is 0.565. The molecule has 0 saturated carbocycles. The van der Waals surface area contributed by atoms with Gasteiger partial charge in [0.25, 0.3) is 0 Å². The fraction of sp³-hybridized carbons (Fsp3) is 0.400. The van der Waals surface area contributed by atoms with Crippen molar-refractivity contribution >= 4 is 27.0 Å². The fourth-order valence-electron chi connectivity index (χ4n) is 1.35. The van der Waals surface area contributed by atoms with Crippen LogP contribution in [0.2, 0.25) is 0 Å². The van der Waals surface area contributed by atoms with Gasteiger partial charge in [-0.15, -0.1) is 0 Å². The van der Waals surface area contributed by atoms with Gasteiger partial charge in [-0.25, -0.2) is 0 Å². The van der Waals surface area contributed by atoms with Crippen molar-refractivity contribution in [1.29, 1.82) is 0 Å². The highest BCUT2D eigenvalue weighted by molar-refractivity contribution is 9.10. The number of benzene rings is 1. The van der Waals surface area contributed by atoms with Gasteiger partial charge in [-0.2, -0.15) is 15.0 Å². The standard InChI is InChI=1S/C10H12BrN3/c1-7(2)6-14-12-9-5-3-4-8(11)10(9)13-14/h3-5,7H,6H2,1-2H3. The van der Waals surface area contributed by atoms with E-state index in [-0.39, 0.29) is 0 Å². The van der Waals surface area contributed by atoms with E-state index < -0.39 is 0 Å². The second-order valence-electron chi connectivity index (χ2n) is 3.76. The molecule has 14 heavy (non-hydrogen) atoms. The highest BCUT2D eigenvalue weighted by atomic mass is 79.9. The fourth-order valence-corrected chi connectivity index (χ4v) is 1.79. The van der Waals surface area contributed by atoms with Gasteiger partial charge in [0, 0.05) is 4.47 Å². The molecule has 0 aliphatic heterocycles. The Hall–Kier alpha value is -0.900. The summed E-state index contributed by atoms with van der Waals surface area (Å²) in [6.07, 6.45) is 0. The summed E-state index contributed by atoms with van der Waals surface area (Å²) in [7, 11) is 0. The van der Waals surface area contributed by atoms with Crippen LogP contribution in [0, 0.1) is 5.92 Å². The van der Waals surface area contributed by atoms with E-state index in [1.807, 2.05) is 18.2 Å². The van der Waals surface area contributed by atoms with Crippen LogP contribution in [0.3, 0.4) is 0 Å². The van der Waals surface area contributed by atoms with E-state index in [0.717, 1.165) is 22.1 Å². The summed E-state index contributed by atoms with van der Waals surface area (Å²) in [5, 5.41) is 8.80. The third-order valence-electron chi connectivity index (χ3n) is 1.93. The van der Waals surface area contributed by atoms with Gasteiger partial charge >= 0.3 is 0 Å². The molecule has 0 fully saturated rings. The van der Waals surface area contributed by atoms with E-state index in [1.54, 1.807) is 4.80 Å². The SMILES string of the molecule is CC(C)Cn1nc2cccc(Br)c2n1. The molecule has 1 aromatic heterocycles. The Morgan fingerprint density at radius 1 is 1.36 bits per heavy atom. The minimum Gasteiger partial charge on any atom is -0.183 e. The van der Waals surface area contributed by atoms with E-state index in [0.29, 0.717) is 5.92 Å². The lowest BCUT2D eigenvalue weighted by Crippen LogP contribution is -2.07. The first-order valence-electron chi connectivity index (χ1n) is 4.66. The lowest BCUT2D eigenvalue weighted by atomic mass is 10.2. The second-order valence-corrected chi connectivity index (χ2v) is 4.61. The van der Waals surface area contributed by atoms with Gasteiger partial charge in [-0.3, -0.25) is 0 Å². The van der Waals surface area contributed by atoms with E-state index >= 15 is 0 Å². The van der Waals surface area contributed by atoms with E-state index in [9.17, 15) is 0 Å². The lowest BCUT2D eigenvalue weighted by Gasteiger charge is -2.00. The summed E-state index contributed by atoms with van der Waals surface area (Å²) in [6, 6.07) is 5.93. The van der Waals surface area contributed by atoms with E-state index in [1.165, 1.54) is 0 Å². The Balaban J connectivity index is 2.46. The number of aromatic nitrogens is 3. The zero-order valence-electron chi connectivity index (χ0n) is 8.24. The van der Waals surface area contributed by atoms with Crippen LogP contribution in [0.4, 0.5) is 0 Å². The van der Waals surface area contributed by atoms with Crippen LogP contribution >= 0.6 is 15.9 Å². The predicted octanol–water partition coefficient (Wildman–Crippen LogP) is 2.85. The van der Waals surface area contributed by atoms with Crippen molar-refractivity contribution in [3.05, 3.63) is 22.7 Å². The molecule has 0 bridgehead atoms. The molecular formula is C10H12BrN3. The average Bonchev–Trinajstić information content (AvgIpc) is 2.47. The quantitative estimate of drug-likeness (QED) is 0.825. The number of fused-ring (bicyclic) bond motifs is 1. The average molecular weight is 254 g/mol. The maximum absolute atomic E-state index is 4.41. The van der Waals surface area contributed by atoms with Crippen molar-refractivity contribution in [3.63, 3.8) is 0 Å². The maximum atomic E-state index is 4.41.